The first-order chi connectivity index (χ1) is 15.0. The van der Waals surface area contributed by atoms with E-state index in [1.807, 2.05) is 39.5 Å². The quantitative estimate of drug-likeness (QED) is 0.508. The molecular formula is C23H18ClFN4O2. The molecule has 2 aromatic heterocycles. The average Bonchev–Trinajstić information content (AvgIpc) is 3.51. The van der Waals surface area contributed by atoms with Crippen molar-refractivity contribution in [3.8, 4) is 5.69 Å². The van der Waals surface area contributed by atoms with Crippen LogP contribution in [0.4, 0.5) is 4.39 Å². The molecule has 0 radical (unpaired) electrons. The highest BCUT2D eigenvalue weighted by Crippen LogP contribution is 2.37. The van der Waals surface area contributed by atoms with Crippen LogP contribution in [0.5, 0.6) is 0 Å². The Morgan fingerprint density at radius 3 is 2.74 bits per heavy atom. The van der Waals surface area contributed by atoms with E-state index in [1.165, 1.54) is 6.07 Å². The third-order valence-corrected chi connectivity index (χ3v) is 5.71. The Morgan fingerprint density at radius 2 is 2.00 bits per heavy atom. The van der Waals surface area contributed by atoms with E-state index < -0.39 is 17.2 Å². The zero-order valence-corrected chi connectivity index (χ0v) is 17.1. The van der Waals surface area contributed by atoms with Crippen molar-refractivity contribution >= 4 is 28.4 Å². The third kappa shape index (κ3) is 3.61. The van der Waals surface area contributed by atoms with E-state index in [4.69, 9.17) is 11.6 Å². The molecule has 2 heterocycles. The molecule has 8 heteroatoms. The second kappa shape index (κ2) is 7.67. The zero-order valence-electron chi connectivity index (χ0n) is 16.4. The third-order valence-electron chi connectivity index (χ3n) is 5.42. The maximum absolute atomic E-state index is 14.1. The molecule has 4 aromatic rings. The van der Waals surface area contributed by atoms with Crippen molar-refractivity contribution < 1.29 is 9.18 Å². The number of aromatic nitrogens is 3. The number of rotatable bonds is 5. The van der Waals surface area contributed by atoms with Crippen molar-refractivity contribution in [1.29, 1.82) is 0 Å². The van der Waals surface area contributed by atoms with Gasteiger partial charge in [-0.15, -0.1) is 0 Å². The number of imidazole rings is 1. The van der Waals surface area contributed by atoms with Crippen molar-refractivity contribution in [1.82, 2.24) is 19.4 Å². The van der Waals surface area contributed by atoms with Gasteiger partial charge in [0.05, 0.1) is 17.1 Å². The summed E-state index contributed by atoms with van der Waals surface area (Å²) in [4.78, 5) is 30.2. The topological polar surface area (TPSA) is 68.9 Å². The van der Waals surface area contributed by atoms with E-state index in [9.17, 15) is 14.0 Å². The SMILES string of the molecule is O=C(NCc1nccn1-c1ccccc1)c1cn(C2CC2)c2cc(Cl)c(F)cc2c1=O. The molecule has 1 N–H and O–H groups in total. The number of para-hydroxylation sites is 1. The minimum Gasteiger partial charge on any atom is -0.345 e. The van der Waals surface area contributed by atoms with Gasteiger partial charge < -0.3 is 14.5 Å². The van der Waals surface area contributed by atoms with E-state index in [1.54, 1.807) is 18.6 Å². The van der Waals surface area contributed by atoms with Crippen LogP contribution >= 0.6 is 11.6 Å². The number of hydrogen-bond donors (Lipinski definition) is 1. The molecule has 0 bridgehead atoms. The van der Waals surface area contributed by atoms with E-state index in [-0.39, 0.29) is 28.6 Å². The standard InChI is InChI=1S/C23H18ClFN4O2/c24-18-11-20-16(10-19(18)25)22(30)17(13-29(20)15-6-7-15)23(31)27-12-21-26-8-9-28(21)14-4-2-1-3-5-14/h1-5,8-11,13,15H,6-7,12H2,(H,27,31). The lowest BCUT2D eigenvalue weighted by Crippen LogP contribution is -2.30. The van der Waals surface area contributed by atoms with Crippen LogP contribution in [0.15, 0.2) is 65.8 Å². The summed E-state index contributed by atoms with van der Waals surface area (Å²) in [6, 6.07) is 12.4. The predicted molar refractivity (Wildman–Crippen MR) is 116 cm³/mol. The van der Waals surface area contributed by atoms with Crippen LogP contribution in [0.25, 0.3) is 16.6 Å². The van der Waals surface area contributed by atoms with Crippen LogP contribution in [0.3, 0.4) is 0 Å². The van der Waals surface area contributed by atoms with Gasteiger partial charge in [-0.05, 0) is 37.1 Å². The second-order valence-electron chi connectivity index (χ2n) is 7.53. The number of pyridine rings is 1. The van der Waals surface area contributed by atoms with Gasteiger partial charge >= 0.3 is 0 Å². The molecule has 1 fully saturated rings. The molecule has 5 rings (SSSR count). The Bertz CT molecular complexity index is 1360. The van der Waals surface area contributed by atoms with Crippen LogP contribution in [-0.2, 0) is 6.54 Å². The number of fused-ring (bicyclic) bond motifs is 1. The summed E-state index contributed by atoms with van der Waals surface area (Å²) in [6.45, 7) is 0.136. The van der Waals surface area contributed by atoms with Gasteiger partial charge in [-0.25, -0.2) is 9.37 Å². The Morgan fingerprint density at radius 1 is 1.23 bits per heavy atom. The zero-order chi connectivity index (χ0) is 21.5. The van der Waals surface area contributed by atoms with Crippen LogP contribution in [0.2, 0.25) is 5.02 Å². The van der Waals surface area contributed by atoms with E-state index >= 15 is 0 Å². The van der Waals surface area contributed by atoms with Gasteiger partial charge in [-0.3, -0.25) is 9.59 Å². The van der Waals surface area contributed by atoms with Gasteiger partial charge in [0.1, 0.15) is 17.2 Å². The lowest BCUT2D eigenvalue weighted by atomic mass is 10.1. The van der Waals surface area contributed by atoms with Crippen LogP contribution in [0.1, 0.15) is 35.1 Å². The first-order valence-electron chi connectivity index (χ1n) is 9.92. The number of nitrogens with zero attached hydrogens (tertiary/aromatic N) is 3. The van der Waals surface area contributed by atoms with Gasteiger partial charge in [-0.1, -0.05) is 29.8 Å². The number of amides is 1. The lowest BCUT2D eigenvalue weighted by Gasteiger charge is -2.14. The summed E-state index contributed by atoms with van der Waals surface area (Å²) in [7, 11) is 0. The largest absolute Gasteiger partial charge is 0.345 e. The lowest BCUT2D eigenvalue weighted by molar-refractivity contribution is 0.0948. The van der Waals surface area contributed by atoms with Crippen LogP contribution in [0, 0.1) is 5.82 Å². The first kappa shape index (κ1) is 19.5. The Balaban J connectivity index is 1.47. The summed E-state index contributed by atoms with van der Waals surface area (Å²) in [6.07, 6.45) is 6.87. The molecule has 1 saturated carbocycles. The summed E-state index contributed by atoms with van der Waals surface area (Å²) < 4.78 is 17.8. The molecule has 0 unspecified atom stereocenters. The molecule has 156 valence electrons. The number of carbonyl (C=O) groups is 1. The average molecular weight is 437 g/mol. The highest BCUT2D eigenvalue weighted by Gasteiger charge is 2.27. The molecule has 0 aliphatic heterocycles. The smallest absolute Gasteiger partial charge is 0.257 e. The van der Waals surface area contributed by atoms with Gasteiger partial charge in [0.25, 0.3) is 5.91 Å². The molecule has 0 spiro atoms. The molecule has 1 aliphatic carbocycles. The summed E-state index contributed by atoms with van der Waals surface area (Å²) in [5, 5.41) is 2.87. The van der Waals surface area contributed by atoms with Gasteiger partial charge in [0.2, 0.25) is 5.43 Å². The normalized spacial score (nSPS) is 13.5. The monoisotopic (exact) mass is 436 g/mol. The molecular weight excluding hydrogens is 419 g/mol. The fourth-order valence-electron chi connectivity index (χ4n) is 3.70. The molecule has 1 amide bonds. The Hall–Kier alpha value is -3.45. The summed E-state index contributed by atoms with van der Waals surface area (Å²) >= 11 is 5.93. The van der Waals surface area contributed by atoms with E-state index in [0.29, 0.717) is 11.3 Å². The molecule has 1 aliphatic rings. The maximum Gasteiger partial charge on any atom is 0.257 e. The highest BCUT2D eigenvalue weighted by molar-refractivity contribution is 6.31. The molecule has 0 atom stereocenters. The van der Waals surface area contributed by atoms with Gasteiger partial charge in [0, 0.05) is 35.7 Å². The summed E-state index contributed by atoms with van der Waals surface area (Å²) in [5.41, 5.74) is 0.902. The maximum atomic E-state index is 14.1. The molecule has 2 aromatic carbocycles. The molecule has 31 heavy (non-hydrogen) atoms. The summed E-state index contributed by atoms with van der Waals surface area (Å²) in [5.74, 6) is -0.587. The number of nitrogens with one attached hydrogen (secondary N) is 1. The number of carbonyl (C=O) groups excluding carboxylic acids is 1. The fraction of sp³-hybridized carbons (Fsp3) is 0.174. The van der Waals surface area contributed by atoms with Crippen molar-refractivity contribution in [3.05, 3.63) is 93.5 Å². The Labute approximate surface area is 181 Å². The highest BCUT2D eigenvalue weighted by atomic mass is 35.5. The van der Waals surface area contributed by atoms with Crippen LogP contribution in [-0.4, -0.2) is 20.0 Å². The minimum atomic E-state index is -0.684. The van der Waals surface area contributed by atoms with Crippen molar-refractivity contribution in [2.75, 3.05) is 0 Å². The van der Waals surface area contributed by atoms with E-state index in [2.05, 4.69) is 10.3 Å². The number of benzene rings is 2. The van der Waals surface area contributed by atoms with Crippen LogP contribution < -0.4 is 10.7 Å². The van der Waals surface area contributed by atoms with E-state index in [0.717, 1.165) is 24.6 Å². The molecule has 0 saturated heterocycles. The minimum absolute atomic E-state index is 0.0288. The van der Waals surface area contributed by atoms with Crippen molar-refractivity contribution in [2.24, 2.45) is 0 Å². The van der Waals surface area contributed by atoms with Crippen molar-refractivity contribution in [2.45, 2.75) is 25.4 Å². The fourth-order valence-corrected chi connectivity index (χ4v) is 3.86. The van der Waals surface area contributed by atoms with Crippen molar-refractivity contribution in [3.63, 3.8) is 0 Å². The number of hydrogen-bond acceptors (Lipinski definition) is 3. The van der Waals surface area contributed by atoms with Gasteiger partial charge in [-0.2, -0.15) is 0 Å². The molecule has 6 nitrogen and oxygen atoms in total. The predicted octanol–water partition coefficient (Wildman–Crippen LogP) is 4.24. The first-order valence-corrected chi connectivity index (χ1v) is 10.3. The Kier molecular flexibility index (Phi) is 4.82. The second-order valence-corrected chi connectivity index (χ2v) is 7.93. The van der Waals surface area contributed by atoms with Gasteiger partial charge in [0.15, 0.2) is 0 Å². The number of halogens is 2.